The van der Waals surface area contributed by atoms with E-state index in [2.05, 4.69) is 29.4 Å². The SMILES string of the molecule is Cc1cc(C(=O)CN2CCC3(CC2)OCCO3)c(C)n1C1CCCC1. The van der Waals surface area contributed by atoms with Gasteiger partial charge in [-0.15, -0.1) is 0 Å². The third-order valence-corrected chi connectivity index (χ3v) is 6.27. The molecule has 0 atom stereocenters. The van der Waals surface area contributed by atoms with Gasteiger partial charge in [-0.3, -0.25) is 9.69 Å². The third-order valence-electron chi connectivity index (χ3n) is 6.27. The van der Waals surface area contributed by atoms with Crippen LogP contribution in [-0.4, -0.2) is 53.9 Å². The first-order chi connectivity index (χ1) is 12.1. The van der Waals surface area contributed by atoms with Gasteiger partial charge in [0.25, 0.3) is 0 Å². The van der Waals surface area contributed by atoms with Gasteiger partial charge in [0.1, 0.15) is 0 Å². The molecule has 0 unspecified atom stereocenters. The number of aryl methyl sites for hydroxylation is 1. The fourth-order valence-electron chi connectivity index (χ4n) is 4.91. The van der Waals surface area contributed by atoms with E-state index in [1.165, 1.54) is 31.4 Å². The second-order valence-electron chi connectivity index (χ2n) is 7.90. The Hall–Kier alpha value is -1.17. The van der Waals surface area contributed by atoms with Crippen LogP contribution in [0.3, 0.4) is 0 Å². The van der Waals surface area contributed by atoms with E-state index in [9.17, 15) is 4.79 Å². The molecule has 2 saturated heterocycles. The number of piperidine rings is 1. The van der Waals surface area contributed by atoms with Crippen molar-refractivity contribution in [1.29, 1.82) is 0 Å². The van der Waals surface area contributed by atoms with Gasteiger partial charge in [-0.05, 0) is 32.8 Å². The molecule has 3 aliphatic rings. The van der Waals surface area contributed by atoms with Crippen LogP contribution in [0.25, 0.3) is 0 Å². The van der Waals surface area contributed by atoms with E-state index in [0.29, 0.717) is 25.8 Å². The Balaban J connectivity index is 1.41. The molecule has 5 heteroatoms. The Morgan fingerprint density at radius 2 is 1.80 bits per heavy atom. The molecule has 25 heavy (non-hydrogen) atoms. The first kappa shape index (κ1) is 17.3. The molecule has 0 aromatic carbocycles. The van der Waals surface area contributed by atoms with Crippen LogP contribution < -0.4 is 0 Å². The zero-order valence-corrected chi connectivity index (χ0v) is 15.6. The lowest BCUT2D eigenvalue weighted by Crippen LogP contribution is -2.46. The van der Waals surface area contributed by atoms with Gasteiger partial charge in [0.05, 0.1) is 19.8 Å². The van der Waals surface area contributed by atoms with E-state index in [1.807, 2.05) is 0 Å². The number of ketones is 1. The molecule has 3 heterocycles. The molecule has 1 spiro atoms. The van der Waals surface area contributed by atoms with Crippen molar-refractivity contribution in [3.05, 3.63) is 23.0 Å². The van der Waals surface area contributed by atoms with Gasteiger partial charge in [0.15, 0.2) is 11.6 Å². The second kappa shape index (κ2) is 6.86. The summed E-state index contributed by atoms with van der Waals surface area (Å²) in [6.07, 6.45) is 6.84. The zero-order valence-electron chi connectivity index (χ0n) is 15.6. The average Bonchev–Trinajstić information content (AvgIpc) is 3.32. The molecule has 0 bridgehead atoms. The Kier molecular flexibility index (Phi) is 4.73. The molecule has 1 aromatic heterocycles. The van der Waals surface area contributed by atoms with E-state index in [0.717, 1.165) is 37.2 Å². The molecule has 138 valence electrons. The number of aromatic nitrogens is 1. The Morgan fingerprint density at radius 3 is 2.44 bits per heavy atom. The van der Waals surface area contributed by atoms with Crippen LogP contribution in [-0.2, 0) is 9.47 Å². The van der Waals surface area contributed by atoms with Crippen molar-refractivity contribution < 1.29 is 14.3 Å². The number of hydrogen-bond acceptors (Lipinski definition) is 4. The molecule has 5 nitrogen and oxygen atoms in total. The number of likely N-dealkylation sites (tertiary alicyclic amines) is 1. The molecule has 0 N–H and O–H groups in total. The van der Waals surface area contributed by atoms with E-state index in [-0.39, 0.29) is 11.6 Å². The summed E-state index contributed by atoms with van der Waals surface area (Å²) in [4.78, 5) is 15.2. The number of carbonyl (C=O) groups excluding carboxylic acids is 1. The summed E-state index contributed by atoms with van der Waals surface area (Å²) in [7, 11) is 0. The molecule has 2 aliphatic heterocycles. The van der Waals surface area contributed by atoms with Crippen molar-refractivity contribution in [3.63, 3.8) is 0 Å². The van der Waals surface area contributed by atoms with E-state index >= 15 is 0 Å². The quantitative estimate of drug-likeness (QED) is 0.785. The summed E-state index contributed by atoms with van der Waals surface area (Å²) in [5.41, 5.74) is 3.31. The standard InChI is InChI=1S/C20H30N2O3/c1-15-13-18(16(2)22(15)17-5-3-4-6-17)19(23)14-21-9-7-20(8-10-21)24-11-12-25-20/h13,17H,3-12,14H2,1-2H3. The molecule has 1 saturated carbocycles. The number of nitrogens with zero attached hydrogens (tertiary/aromatic N) is 2. The smallest absolute Gasteiger partial charge is 0.178 e. The van der Waals surface area contributed by atoms with Gasteiger partial charge in [0, 0.05) is 48.9 Å². The fourth-order valence-corrected chi connectivity index (χ4v) is 4.91. The first-order valence-corrected chi connectivity index (χ1v) is 9.80. The Labute approximate surface area is 150 Å². The lowest BCUT2D eigenvalue weighted by atomic mass is 10.0. The number of rotatable bonds is 4. The van der Waals surface area contributed by atoms with Gasteiger partial charge in [-0.1, -0.05) is 12.8 Å². The van der Waals surface area contributed by atoms with Crippen LogP contribution in [0.5, 0.6) is 0 Å². The highest BCUT2D eigenvalue weighted by Crippen LogP contribution is 2.34. The molecule has 0 radical (unpaired) electrons. The molecule has 1 aromatic rings. The summed E-state index contributed by atoms with van der Waals surface area (Å²) in [6, 6.07) is 2.69. The van der Waals surface area contributed by atoms with E-state index < -0.39 is 0 Å². The first-order valence-electron chi connectivity index (χ1n) is 9.80. The van der Waals surface area contributed by atoms with Crippen LogP contribution in [0.4, 0.5) is 0 Å². The molecular weight excluding hydrogens is 316 g/mol. The van der Waals surface area contributed by atoms with Crippen molar-refractivity contribution in [2.24, 2.45) is 0 Å². The fraction of sp³-hybridized carbons (Fsp3) is 0.750. The molecular formula is C20H30N2O3. The minimum atomic E-state index is -0.363. The maximum absolute atomic E-state index is 12.9. The predicted molar refractivity (Wildman–Crippen MR) is 96.1 cm³/mol. The number of carbonyl (C=O) groups is 1. The van der Waals surface area contributed by atoms with E-state index in [1.54, 1.807) is 0 Å². The third kappa shape index (κ3) is 3.29. The zero-order chi connectivity index (χ0) is 17.4. The minimum Gasteiger partial charge on any atom is -0.347 e. The number of ether oxygens (including phenoxy) is 2. The minimum absolute atomic E-state index is 0.251. The Bertz CT molecular complexity index is 630. The average molecular weight is 346 g/mol. The van der Waals surface area contributed by atoms with Gasteiger partial charge in [0.2, 0.25) is 0 Å². The molecule has 0 amide bonds. The van der Waals surface area contributed by atoms with Crippen LogP contribution >= 0.6 is 0 Å². The van der Waals surface area contributed by atoms with Gasteiger partial charge in [-0.25, -0.2) is 0 Å². The summed E-state index contributed by atoms with van der Waals surface area (Å²) in [6.45, 7) is 7.90. The highest BCUT2D eigenvalue weighted by molar-refractivity contribution is 5.99. The maximum Gasteiger partial charge on any atom is 0.178 e. The monoisotopic (exact) mass is 346 g/mol. The van der Waals surface area contributed by atoms with Gasteiger partial charge in [-0.2, -0.15) is 0 Å². The lowest BCUT2D eigenvalue weighted by molar-refractivity contribution is -0.184. The van der Waals surface area contributed by atoms with Crippen LogP contribution in [0, 0.1) is 13.8 Å². The van der Waals surface area contributed by atoms with Crippen molar-refractivity contribution in [2.45, 2.75) is 64.2 Å². The lowest BCUT2D eigenvalue weighted by Gasteiger charge is -2.37. The van der Waals surface area contributed by atoms with E-state index in [4.69, 9.17) is 9.47 Å². The Morgan fingerprint density at radius 1 is 1.16 bits per heavy atom. The summed E-state index contributed by atoms with van der Waals surface area (Å²) in [5.74, 6) is -0.112. The van der Waals surface area contributed by atoms with Gasteiger partial charge >= 0.3 is 0 Å². The second-order valence-corrected chi connectivity index (χ2v) is 7.90. The molecule has 4 rings (SSSR count). The van der Waals surface area contributed by atoms with Gasteiger partial charge < -0.3 is 14.0 Å². The van der Waals surface area contributed by atoms with Crippen molar-refractivity contribution in [1.82, 2.24) is 9.47 Å². The van der Waals surface area contributed by atoms with Crippen molar-refractivity contribution in [2.75, 3.05) is 32.8 Å². The highest BCUT2D eigenvalue weighted by Gasteiger charge is 2.40. The molecule has 3 fully saturated rings. The van der Waals surface area contributed by atoms with Crippen LogP contribution in [0.15, 0.2) is 6.07 Å². The predicted octanol–water partition coefficient (Wildman–Crippen LogP) is 3.24. The number of hydrogen-bond donors (Lipinski definition) is 0. The van der Waals surface area contributed by atoms with Crippen LogP contribution in [0.2, 0.25) is 0 Å². The highest BCUT2D eigenvalue weighted by atomic mass is 16.7. The summed E-state index contributed by atoms with van der Waals surface area (Å²) >= 11 is 0. The largest absolute Gasteiger partial charge is 0.347 e. The van der Waals surface area contributed by atoms with Crippen LogP contribution in [0.1, 0.15) is 66.3 Å². The molecule has 1 aliphatic carbocycles. The summed E-state index contributed by atoms with van der Waals surface area (Å²) < 4.78 is 14.0. The normalized spacial score (nSPS) is 24.4. The topological polar surface area (TPSA) is 43.7 Å². The maximum atomic E-state index is 12.9. The number of Topliss-reactive ketones (excluding diaryl/α,β-unsaturated/α-hetero) is 1. The summed E-state index contributed by atoms with van der Waals surface area (Å²) in [5, 5.41) is 0. The van der Waals surface area contributed by atoms with Crippen molar-refractivity contribution >= 4 is 5.78 Å². The van der Waals surface area contributed by atoms with Crippen molar-refractivity contribution in [3.8, 4) is 0 Å².